The monoisotopic (exact) mass is 265 g/mol. The number of nitrogens with zero attached hydrogens (tertiary/aromatic N) is 4. The first-order valence-electron chi connectivity index (χ1n) is 5.96. The highest BCUT2D eigenvalue weighted by Crippen LogP contribution is 2.26. The van der Waals surface area contributed by atoms with E-state index < -0.39 is 0 Å². The van der Waals surface area contributed by atoms with Crippen LogP contribution in [0.3, 0.4) is 0 Å². The van der Waals surface area contributed by atoms with Crippen molar-refractivity contribution in [2.24, 2.45) is 0 Å². The van der Waals surface area contributed by atoms with Gasteiger partial charge in [-0.3, -0.25) is 4.57 Å². The van der Waals surface area contributed by atoms with Crippen LogP contribution in [0.15, 0.2) is 0 Å². The number of fused-ring (bicyclic) bond motifs is 1. The molecule has 0 amide bonds. The molecule has 2 aromatic heterocycles. The Morgan fingerprint density at radius 1 is 1.33 bits per heavy atom. The second-order valence-electron chi connectivity index (χ2n) is 4.40. The van der Waals surface area contributed by atoms with E-state index in [9.17, 15) is 0 Å². The number of nitrogen functional groups attached to an aromatic ring is 1. The van der Waals surface area contributed by atoms with E-state index in [1.807, 2.05) is 12.4 Å². The number of hydrogen-bond donors (Lipinski definition) is 1. The summed E-state index contributed by atoms with van der Waals surface area (Å²) in [6, 6.07) is 0. The first-order valence-corrected chi connectivity index (χ1v) is 6.34. The van der Waals surface area contributed by atoms with Crippen LogP contribution in [0, 0.1) is 0 Å². The molecule has 0 bridgehead atoms. The van der Waals surface area contributed by atoms with Crippen LogP contribution < -0.4 is 11.5 Å². The average molecular weight is 266 g/mol. The summed E-state index contributed by atoms with van der Waals surface area (Å²) >= 11 is 5.86. The van der Waals surface area contributed by atoms with Gasteiger partial charge in [-0.1, -0.05) is 0 Å². The van der Waals surface area contributed by atoms with Gasteiger partial charge in [-0.25, -0.2) is 4.98 Å². The Bertz CT molecular complexity index is 595. The van der Waals surface area contributed by atoms with Crippen LogP contribution in [0.25, 0.3) is 11.2 Å². The molecule has 1 fully saturated rings. The Labute approximate surface area is 110 Å². The highest BCUT2D eigenvalue weighted by molar-refractivity contribution is 6.31. The third-order valence-corrected chi connectivity index (χ3v) is 3.33. The maximum absolute atomic E-state index is 5.86. The SMILES string of the molecule is Bc1nc2c(N)nc(Cl)nc2n1C1CCCCO1. The molecule has 3 heterocycles. The number of hydrogen-bond acceptors (Lipinski definition) is 5. The predicted molar refractivity (Wildman–Crippen MR) is 71.8 cm³/mol. The van der Waals surface area contributed by atoms with Gasteiger partial charge >= 0.3 is 0 Å². The summed E-state index contributed by atoms with van der Waals surface area (Å²) in [5.74, 6) is 0.308. The van der Waals surface area contributed by atoms with Gasteiger partial charge in [-0.15, -0.1) is 0 Å². The summed E-state index contributed by atoms with van der Waals surface area (Å²) in [4.78, 5) is 12.5. The average Bonchev–Trinajstić information content (AvgIpc) is 2.67. The van der Waals surface area contributed by atoms with Gasteiger partial charge < -0.3 is 10.5 Å². The lowest BCUT2D eigenvalue weighted by Crippen LogP contribution is -2.28. The van der Waals surface area contributed by atoms with Crippen LogP contribution in [-0.4, -0.2) is 34.0 Å². The zero-order valence-corrected chi connectivity index (χ0v) is 10.8. The summed E-state index contributed by atoms with van der Waals surface area (Å²) in [6.45, 7) is 0.762. The van der Waals surface area contributed by atoms with E-state index in [0.29, 0.717) is 17.0 Å². The van der Waals surface area contributed by atoms with E-state index >= 15 is 0 Å². The van der Waals surface area contributed by atoms with Crippen molar-refractivity contribution < 1.29 is 4.74 Å². The highest BCUT2D eigenvalue weighted by atomic mass is 35.5. The molecule has 1 unspecified atom stereocenters. The van der Waals surface area contributed by atoms with Gasteiger partial charge in [-0.05, 0) is 30.9 Å². The lowest BCUT2D eigenvalue weighted by atomic mass is 10.1. The highest BCUT2D eigenvalue weighted by Gasteiger charge is 2.22. The molecule has 0 aromatic carbocycles. The van der Waals surface area contributed by atoms with E-state index in [1.54, 1.807) is 0 Å². The Morgan fingerprint density at radius 3 is 2.89 bits per heavy atom. The topological polar surface area (TPSA) is 78.9 Å². The van der Waals surface area contributed by atoms with Crippen molar-refractivity contribution in [3.63, 3.8) is 0 Å². The van der Waals surface area contributed by atoms with Crippen LogP contribution in [-0.2, 0) is 4.74 Å². The van der Waals surface area contributed by atoms with Crippen molar-refractivity contribution in [1.29, 1.82) is 0 Å². The van der Waals surface area contributed by atoms with Crippen LogP contribution in [0.4, 0.5) is 5.82 Å². The molecule has 6 nitrogen and oxygen atoms in total. The van der Waals surface area contributed by atoms with E-state index in [-0.39, 0.29) is 11.5 Å². The molecule has 0 radical (unpaired) electrons. The van der Waals surface area contributed by atoms with Crippen LogP contribution in [0.2, 0.25) is 5.28 Å². The van der Waals surface area contributed by atoms with Crippen molar-refractivity contribution in [3.05, 3.63) is 5.28 Å². The fraction of sp³-hybridized carbons (Fsp3) is 0.500. The molecule has 1 atom stereocenters. The zero-order chi connectivity index (χ0) is 12.7. The van der Waals surface area contributed by atoms with Crippen LogP contribution >= 0.6 is 11.6 Å². The third kappa shape index (κ3) is 1.83. The minimum absolute atomic E-state index is 0.0332. The van der Waals surface area contributed by atoms with Gasteiger partial charge in [0.15, 0.2) is 19.3 Å². The quantitative estimate of drug-likeness (QED) is 0.581. The Balaban J connectivity index is 2.18. The van der Waals surface area contributed by atoms with E-state index in [0.717, 1.165) is 31.6 Å². The molecule has 0 spiro atoms. The van der Waals surface area contributed by atoms with Gasteiger partial charge in [-0.2, -0.15) is 9.97 Å². The van der Waals surface area contributed by atoms with Gasteiger partial charge in [0.2, 0.25) is 5.28 Å². The second-order valence-corrected chi connectivity index (χ2v) is 4.74. The van der Waals surface area contributed by atoms with Crippen molar-refractivity contribution in [1.82, 2.24) is 19.5 Å². The molecule has 3 rings (SSSR count). The standard InChI is InChI=1S/C10H13BClN5O/c11-9-14-6-7(13)15-10(12)16-8(6)17(9)5-3-1-2-4-18-5/h5H,1-4,11H2,(H2,13,15,16). The van der Waals surface area contributed by atoms with Gasteiger partial charge in [0, 0.05) is 6.61 Å². The first kappa shape index (κ1) is 11.7. The van der Waals surface area contributed by atoms with E-state index in [4.69, 9.17) is 22.1 Å². The van der Waals surface area contributed by atoms with Gasteiger partial charge in [0.05, 0.1) is 5.72 Å². The molecule has 0 saturated carbocycles. The lowest BCUT2D eigenvalue weighted by Gasteiger charge is -2.25. The number of nitrogens with two attached hydrogens (primary N) is 1. The Kier molecular flexibility index (Phi) is 2.87. The van der Waals surface area contributed by atoms with Gasteiger partial charge in [0.25, 0.3) is 0 Å². The maximum Gasteiger partial charge on any atom is 0.226 e. The number of rotatable bonds is 1. The maximum atomic E-state index is 5.86. The smallest absolute Gasteiger partial charge is 0.226 e. The Hall–Kier alpha value is -1.34. The summed E-state index contributed by atoms with van der Waals surface area (Å²) in [5, 5.41) is 0.136. The molecule has 1 aliphatic rings. The van der Waals surface area contributed by atoms with E-state index in [1.165, 1.54) is 0 Å². The number of anilines is 1. The molecule has 1 saturated heterocycles. The summed E-state index contributed by atoms with van der Waals surface area (Å²) in [7, 11) is 1.91. The van der Waals surface area contributed by atoms with Gasteiger partial charge in [0.1, 0.15) is 11.7 Å². The number of imidazole rings is 1. The summed E-state index contributed by atoms with van der Waals surface area (Å²) in [6.07, 6.45) is 3.15. The number of halogens is 1. The molecule has 18 heavy (non-hydrogen) atoms. The first-order chi connectivity index (χ1) is 8.66. The molecule has 2 N–H and O–H groups in total. The molecule has 2 aromatic rings. The molecule has 94 valence electrons. The van der Waals surface area contributed by atoms with Crippen molar-refractivity contribution >= 4 is 42.2 Å². The van der Waals surface area contributed by atoms with E-state index in [2.05, 4.69) is 15.0 Å². The molecular weight excluding hydrogens is 252 g/mol. The molecular formula is C10H13BClN5O. The zero-order valence-electron chi connectivity index (χ0n) is 10.1. The molecule has 1 aliphatic heterocycles. The van der Waals surface area contributed by atoms with Crippen LogP contribution in [0.1, 0.15) is 25.5 Å². The minimum atomic E-state index is -0.0332. The fourth-order valence-electron chi connectivity index (χ4n) is 2.35. The number of aromatic nitrogens is 4. The summed E-state index contributed by atoms with van der Waals surface area (Å²) < 4.78 is 7.73. The minimum Gasteiger partial charge on any atom is -0.382 e. The van der Waals surface area contributed by atoms with Crippen molar-refractivity contribution in [2.75, 3.05) is 12.3 Å². The van der Waals surface area contributed by atoms with Crippen molar-refractivity contribution in [2.45, 2.75) is 25.5 Å². The third-order valence-electron chi connectivity index (χ3n) is 3.16. The fourth-order valence-corrected chi connectivity index (χ4v) is 2.52. The lowest BCUT2D eigenvalue weighted by molar-refractivity contribution is -0.0279. The second kappa shape index (κ2) is 4.40. The predicted octanol–water partition coefficient (Wildman–Crippen LogP) is 0.0194. The molecule has 8 heteroatoms. The van der Waals surface area contributed by atoms with Crippen molar-refractivity contribution in [3.8, 4) is 0 Å². The molecule has 0 aliphatic carbocycles. The normalized spacial score (nSPS) is 20.4. The largest absolute Gasteiger partial charge is 0.382 e. The summed E-state index contributed by atoms with van der Waals surface area (Å²) in [5.41, 5.74) is 7.88. The van der Waals surface area contributed by atoms with Crippen LogP contribution in [0.5, 0.6) is 0 Å². The Morgan fingerprint density at radius 2 is 2.17 bits per heavy atom. The number of ether oxygens (including phenoxy) is 1.